The van der Waals surface area contributed by atoms with Gasteiger partial charge in [-0.15, -0.1) is 0 Å². The van der Waals surface area contributed by atoms with Crippen LogP contribution in [0, 0.1) is 133 Å². The third-order valence-electron chi connectivity index (χ3n) is 13.9. The van der Waals surface area contributed by atoms with Crippen molar-refractivity contribution in [2.24, 2.45) is 0 Å². The number of hydrogen-bond donors (Lipinski definition) is 9. The molecule has 2 fully saturated rings. The van der Waals surface area contributed by atoms with Crippen molar-refractivity contribution in [3.63, 3.8) is 0 Å². The summed E-state index contributed by atoms with van der Waals surface area (Å²) in [6, 6.07) is -3.02. The molecule has 0 aliphatic carbocycles. The van der Waals surface area contributed by atoms with Gasteiger partial charge in [-0.3, -0.25) is 91.7 Å². The van der Waals surface area contributed by atoms with Gasteiger partial charge in [0.25, 0.3) is 0 Å². The van der Waals surface area contributed by atoms with E-state index >= 15 is 0 Å². The number of carboxylic acid groups (broad SMARTS) is 8. The van der Waals surface area contributed by atoms with E-state index in [4.69, 9.17) is 4.55 Å². The summed E-state index contributed by atoms with van der Waals surface area (Å²) in [4.78, 5) is 127. The van der Waals surface area contributed by atoms with Crippen molar-refractivity contribution >= 4 is 69.8 Å². The summed E-state index contributed by atoms with van der Waals surface area (Å²) in [6.45, 7) is -2.09. The number of carbonyl (C=O) groups is 10. The van der Waals surface area contributed by atoms with Crippen LogP contribution in [-0.2, 0) is 58.1 Å². The number of carbonyl (C=O) groups excluding carboxylic acids is 2. The normalized spacial score (nSPS) is 16.9. The third-order valence-corrected chi connectivity index (χ3v) is 14.8. The second-order valence-electron chi connectivity index (χ2n) is 20.4. The van der Waals surface area contributed by atoms with Crippen molar-refractivity contribution in [2.75, 3.05) is 144 Å². The molecule has 0 aromatic heterocycles. The average Bonchev–Trinajstić information content (AvgIpc) is 0.779. The Bertz CT molecular complexity index is 3000. The van der Waals surface area contributed by atoms with Gasteiger partial charge in [-0.25, -0.2) is 17.6 Å². The molecule has 2 aliphatic rings. The number of benzene rings is 2. The largest absolute Gasteiger partial charge is 0.480 e. The summed E-state index contributed by atoms with van der Waals surface area (Å²) in [5.74, 6) is -34.2. The monoisotopic (exact) mass is 1660 g/mol. The summed E-state index contributed by atoms with van der Waals surface area (Å²) < 4.78 is 153. The van der Waals surface area contributed by atoms with Crippen LogP contribution in [0.5, 0.6) is 11.5 Å². The zero-order valence-corrected chi connectivity index (χ0v) is 54.4. The van der Waals surface area contributed by atoms with E-state index in [1.54, 1.807) is 0 Å². The Labute approximate surface area is 587 Å². The molecule has 0 radical (unpaired) electrons. The van der Waals surface area contributed by atoms with Gasteiger partial charge in [0.1, 0.15) is 12.1 Å². The molecule has 2 aromatic carbocycles. The minimum absolute atomic E-state index is 0. The Morgan fingerprint density at radius 3 is 0.774 bits per heavy atom. The number of ether oxygens (including phenoxy) is 2. The van der Waals surface area contributed by atoms with Gasteiger partial charge in [0.05, 0.1) is 39.3 Å². The number of carboxylic acids is 8. The minimum Gasteiger partial charge on any atom is -0.480 e. The molecule has 526 valence electrons. The van der Waals surface area contributed by atoms with Crippen LogP contribution in [0.2, 0.25) is 0 Å². The number of esters is 2. The number of hydrogen-bond acceptors (Lipinski definition) is 22. The van der Waals surface area contributed by atoms with Crippen molar-refractivity contribution in [3.05, 3.63) is 52.1 Å². The van der Waals surface area contributed by atoms with E-state index in [0.29, 0.717) is 0 Å². The molecule has 93 heavy (non-hydrogen) atoms. The van der Waals surface area contributed by atoms with Crippen molar-refractivity contribution < 1.29 is 226 Å². The van der Waals surface area contributed by atoms with Crippen molar-refractivity contribution in [1.82, 2.24) is 39.2 Å². The Morgan fingerprint density at radius 2 is 0.581 bits per heavy atom. The van der Waals surface area contributed by atoms with Crippen LogP contribution in [0.25, 0.3) is 0 Å². The molecular formula is C51H66F8Gd2N8O23S. The molecule has 2 atom stereocenters. The van der Waals surface area contributed by atoms with Crippen LogP contribution in [-0.4, -0.2) is 309 Å². The first-order chi connectivity index (χ1) is 42.4. The molecular weight excluding hydrogens is 1590 g/mol. The Morgan fingerprint density at radius 1 is 0.376 bits per heavy atom. The summed E-state index contributed by atoms with van der Waals surface area (Å²) in [6.07, 6.45) is -2.84. The van der Waals surface area contributed by atoms with Crippen molar-refractivity contribution in [3.8, 4) is 11.5 Å². The van der Waals surface area contributed by atoms with Gasteiger partial charge in [-0.05, 0) is 19.8 Å². The molecule has 2 saturated heterocycles. The molecule has 0 amide bonds. The molecule has 2 heterocycles. The van der Waals surface area contributed by atoms with Gasteiger partial charge in [0, 0.05) is 203 Å². The number of halogens is 8. The predicted octanol–water partition coefficient (Wildman–Crippen LogP) is -0.730. The van der Waals surface area contributed by atoms with Gasteiger partial charge in [-0.1, -0.05) is 0 Å². The summed E-state index contributed by atoms with van der Waals surface area (Å²) in [7, 11) is -5.78. The van der Waals surface area contributed by atoms with Gasteiger partial charge in [0.15, 0.2) is 28.2 Å². The molecule has 0 unspecified atom stereocenters. The summed E-state index contributed by atoms with van der Waals surface area (Å²) >= 11 is 0. The first-order valence-electron chi connectivity index (χ1n) is 27.1. The number of aliphatic carboxylic acids is 8. The van der Waals surface area contributed by atoms with Crippen LogP contribution in [0.15, 0.2) is 4.90 Å². The Kier molecular flexibility index (Phi) is 37.9. The van der Waals surface area contributed by atoms with Gasteiger partial charge in [-0.2, -0.15) is 26.0 Å². The van der Waals surface area contributed by atoms with Crippen molar-refractivity contribution in [2.45, 2.75) is 49.6 Å². The van der Waals surface area contributed by atoms with Crippen LogP contribution >= 0.6 is 0 Å². The maximum Gasteiger partial charge on any atom is 0.320 e. The van der Waals surface area contributed by atoms with E-state index in [1.165, 1.54) is 39.2 Å². The van der Waals surface area contributed by atoms with E-state index in [0.717, 1.165) is 6.92 Å². The van der Waals surface area contributed by atoms with Gasteiger partial charge < -0.3 is 50.3 Å². The molecule has 0 bridgehead atoms. The Hall–Kier alpha value is -5.18. The van der Waals surface area contributed by atoms with E-state index in [1.807, 2.05) is 0 Å². The standard InChI is InChI=1S/C26H34F4N4O10.C25H32F4N4O13S.2Gd/c1-15-21(27)23(29)25(24(30)22(15)28)44-20(41)3-2-16(26(42)43)34-10-8-32(13-18(37)38)6-4-31(12-17(35)36)5-7-33(9-11-34)14-19(39)40;26-19-21(28)24(47(43,44)45)22(29)20(27)23(19)46-18(40)2-1-14(25(41)42)33-9-7-31(12-16(36)37)5-3-30(11-15(34)35)4-6-32(8-10-33)13-17(38)39;;/h16H,2-14H2,1H3,(H,35,36)(H,37,38)(H,39,40)(H,42,43);14H,1-13H2,(H,34,35)(H,36,37)(H,38,39)(H,41,42)(H,43,44,45);;/t16-;14-;;/m11../s1. The number of rotatable bonds is 25. The predicted molar refractivity (Wildman–Crippen MR) is 287 cm³/mol. The number of nitrogens with zero attached hydrogens (tertiary/aromatic N) is 8. The first kappa shape index (κ1) is 85.8. The molecule has 2 aromatic rings. The molecule has 4 rings (SSSR count). The molecule has 0 spiro atoms. The maximum absolute atomic E-state index is 14.3. The first-order valence-corrected chi connectivity index (χ1v) is 28.5. The zero-order valence-electron chi connectivity index (χ0n) is 49.0. The summed E-state index contributed by atoms with van der Waals surface area (Å²) in [5, 5.41) is 75.7. The quantitative estimate of drug-likeness (QED) is 0.0194. The van der Waals surface area contributed by atoms with E-state index in [9.17, 15) is 132 Å². The molecule has 2 aliphatic heterocycles. The topological polar surface area (TPSA) is 431 Å². The summed E-state index contributed by atoms with van der Waals surface area (Å²) in [5.41, 5.74) is -0.968. The second kappa shape index (κ2) is 41.0. The van der Waals surface area contributed by atoms with Crippen LogP contribution in [0.1, 0.15) is 31.2 Å². The fourth-order valence-electron chi connectivity index (χ4n) is 9.31. The molecule has 31 nitrogen and oxygen atoms in total. The van der Waals surface area contributed by atoms with E-state index in [2.05, 4.69) is 9.47 Å². The second-order valence-corrected chi connectivity index (χ2v) is 21.8. The van der Waals surface area contributed by atoms with Crippen LogP contribution < -0.4 is 9.47 Å². The minimum atomic E-state index is -5.78. The molecule has 9 N–H and O–H groups in total. The zero-order chi connectivity index (χ0) is 68.8. The van der Waals surface area contributed by atoms with Gasteiger partial charge >= 0.3 is 69.8 Å². The molecule has 42 heteroatoms. The van der Waals surface area contributed by atoms with E-state index in [-0.39, 0.29) is 191 Å². The molecule has 0 saturated carbocycles. The fraction of sp³-hybridized carbons (Fsp3) is 0.569. The van der Waals surface area contributed by atoms with Crippen molar-refractivity contribution in [1.29, 1.82) is 0 Å². The van der Waals surface area contributed by atoms with Crippen LogP contribution in [0.4, 0.5) is 35.1 Å². The van der Waals surface area contributed by atoms with E-state index < -0.39 is 209 Å². The average molecular weight is 1660 g/mol. The van der Waals surface area contributed by atoms with Crippen LogP contribution in [0.3, 0.4) is 0 Å². The Balaban J connectivity index is 0.000000912. The fourth-order valence-corrected chi connectivity index (χ4v) is 9.94. The smallest absolute Gasteiger partial charge is 0.320 e. The third kappa shape index (κ3) is 29.0. The maximum atomic E-state index is 14.3. The SMILES string of the molecule is Cc1c(F)c(F)c(OC(=O)CC[C@H](C(=O)O)N2CCN(CC(=O)O)CCN(CC(=O)O)CCN(CC(=O)O)CC2)c(F)c1F.O=C(O)CN1CCN(CC(=O)O)CCN([C@H](CCC(=O)Oc2c(F)c(F)c(S(=O)(=O)O)c(F)c2F)C(=O)O)CCN(CC(=O)O)CC1.[Gd].[Gd]. The van der Waals surface area contributed by atoms with Gasteiger partial charge in [0.2, 0.25) is 34.8 Å².